The molecule has 2 aromatic rings. The fourth-order valence-corrected chi connectivity index (χ4v) is 1.84. The van der Waals surface area contributed by atoms with Gasteiger partial charge in [0.25, 0.3) is 0 Å². The Morgan fingerprint density at radius 2 is 2.00 bits per heavy atom. The largest absolute Gasteiger partial charge is 0.494 e. The highest BCUT2D eigenvalue weighted by Crippen LogP contribution is 2.19. The van der Waals surface area contributed by atoms with Crippen molar-refractivity contribution in [3.8, 4) is 11.8 Å². The highest BCUT2D eigenvalue weighted by Gasteiger charge is 2.02. The minimum Gasteiger partial charge on any atom is -0.494 e. The van der Waals surface area contributed by atoms with Crippen LogP contribution < -0.4 is 10.1 Å². The molecule has 3 heteroatoms. The first kappa shape index (κ1) is 13.0. The molecule has 0 saturated heterocycles. The van der Waals surface area contributed by atoms with Crippen molar-refractivity contribution in [1.29, 1.82) is 5.26 Å². The third kappa shape index (κ3) is 3.49. The first-order chi connectivity index (χ1) is 9.33. The van der Waals surface area contributed by atoms with Gasteiger partial charge in [-0.25, -0.2) is 0 Å². The van der Waals surface area contributed by atoms with E-state index in [1.165, 1.54) is 0 Å². The van der Waals surface area contributed by atoms with Crippen LogP contribution in [0.3, 0.4) is 0 Å². The molecular formula is C16H16N2O. The van der Waals surface area contributed by atoms with Gasteiger partial charge < -0.3 is 10.1 Å². The Morgan fingerprint density at radius 3 is 2.79 bits per heavy atom. The molecule has 2 rings (SSSR count). The zero-order valence-corrected chi connectivity index (χ0v) is 10.9. The van der Waals surface area contributed by atoms with E-state index in [0.717, 1.165) is 17.0 Å². The van der Waals surface area contributed by atoms with Crippen LogP contribution in [-0.2, 0) is 6.54 Å². The van der Waals surface area contributed by atoms with Crippen LogP contribution in [0.15, 0.2) is 48.5 Å². The summed E-state index contributed by atoms with van der Waals surface area (Å²) in [6.07, 6.45) is 0. The summed E-state index contributed by atoms with van der Waals surface area (Å²) in [6, 6.07) is 17.5. The van der Waals surface area contributed by atoms with Crippen molar-refractivity contribution in [2.45, 2.75) is 13.5 Å². The molecule has 0 saturated carbocycles. The Kier molecular flexibility index (Phi) is 4.41. The molecule has 0 aromatic heterocycles. The maximum atomic E-state index is 8.86. The number of anilines is 1. The average Bonchev–Trinajstić information content (AvgIpc) is 2.47. The molecule has 96 valence electrons. The number of nitrogens with one attached hydrogen (secondary N) is 1. The number of rotatable bonds is 5. The van der Waals surface area contributed by atoms with Crippen molar-refractivity contribution in [1.82, 2.24) is 0 Å². The van der Waals surface area contributed by atoms with Gasteiger partial charge in [0.1, 0.15) is 5.75 Å². The summed E-state index contributed by atoms with van der Waals surface area (Å²) < 4.78 is 5.58. The highest BCUT2D eigenvalue weighted by molar-refractivity contribution is 5.50. The molecule has 0 bridgehead atoms. The van der Waals surface area contributed by atoms with Crippen molar-refractivity contribution in [2.75, 3.05) is 11.9 Å². The quantitative estimate of drug-likeness (QED) is 0.884. The maximum Gasteiger partial charge on any atom is 0.124 e. The SMILES string of the molecule is CCOc1ccccc1CNc1cccc(C#N)c1. The smallest absolute Gasteiger partial charge is 0.124 e. The maximum absolute atomic E-state index is 8.86. The summed E-state index contributed by atoms with van der Waals surface area (Å²) in [6.45, 7) is 3.30. The third-order valence-electron chi connectivity index (χ3n) is 2.75. The Hall–Kier alpha value is -2.47. The minimum atomic E-state index is 0.654. The lowest BCUT2D eigenvalue weighted by atomic mass is 10.2. The van der Waals surface area contributed by atoms with Crippen molar-refractivity contribution in [3.63, 3.8) is 0 Å². The summed E-state index contributed by atoms with van der Waals surface area (Å²) in [5, 5.41) is 12.2. The molecule has 0 heterocycles. The highest BCUT2D eigenvalue weighted by atomic mass is 16.5. The summed E-state index contributed by atoms with van der Waals surface area (Å²) in [5.41, 5.74) is 2.69. The summed E-state index contributed by atoms with van der Waals surface area (Å²) in [4.78, 5) is 0. The van der Waals surface area contributed by atoms with Crippen LogP contribution in [0.5, 0.6) is 5.75 Å². The van der Waals surface area contributed by atoms with Crippen LogP contribution in [-0.4, -0.2) is 6.61 Å². The van der Waals surface area contributed by atoms with E-state index in [-0.39, 0.29) is 0 Å². The summed E-state index contributed by atoms with van der Waals surface area (Å²) >= 11 is 0. The lowest BCUT2D eigenvalue weighted by molar-refractivity contribution is 0.337. The fraction of sp³-hybridized carbons (Fsp3) is 0.188. The van der Waals surface area contributed by atoms with E-state index in [4.69, 9.17) is 10.00 Å². The monoisotopic (exact) mass is 252 g/mol. The molecule has 0 amide bonds. The van der Waals surface area contributed by atoms with Gasteiger partial charge in [-0.2, -0.15) is 5.26 Å². The Balaban J connectivity index is 2.08. The Morgan fingerprint density at radius 1 is 1.16 bits per heavy atom. The summed E-state index contributed by atoms with van der Waals surface area (Å²) in [7, 11) is 0. The van der Waals surface area contributed by atoms with E-state index in [0.29, 0.717) is 18.7 Å². The van der Waals surface area contributed by atoms with E-state index in [9.17, 15) is 0 Å². The van der Waals surface area contributed by atoms with Crippen LogP contribution in [0.2, 0.25) is 0 Å². The molecule has 1 N–H and O–H groups in total. The molecule has 0 aliphatic carbocycles. The van der Waals surface area contributed by atoms with E-state index in [1.54, 1.807) is 6.07 Å². The van der Waals surface area contributed by atoms with Crippen LogP contribution in [0.25, 0.3) is 0 Å². The Labute approximate surface area is 113 Å². The van der Waals surface area contributed by atoms with Gasteiger partial charge in [0.2, 0.25) is 0 Å². The predicted octanol–water partition coefficient (Wildman–Crippen LogP) is 3.57. The number of para-hydroxylation sites is 1. The molecule has 0 radical (unpaired) electrons. The van der Waals surface area contributed by atoms with Crippen LogP contribution in [0.4, 0.5) is 5.69 Å². The molecule has 3 nitrogen and oxygen atoms in total. The van der Waals surface area contributed by atoms with Crippen molar-refractivity contribution < 1.29 is 4.74 Å². The number of hydrogen-bond acceptors (Lipinski definition) is 3. The minimum absolute atomic E-state index is 0.654. The van der Waals surface area contributed by atoms with Gasteiger partial charge in [0.15, 0.2) is 0 Å². The van der Waals surface area contributed by atoms with Gasteiger partial charge in [-0.15, -0.1) is 0 Å². The van der Waals surface area contributed by atoms with Gasteiger partial charge >= 0.3 is 0 Å². The van der Waals surface area contributed by atoms with Gasteiger partial charge in [0, 0.05) is 17.8 Å². The molecular weight excluding hydrogens is 236 g/mol. The number of ether oxygens (including phenoxy) is 1. The number of nitriles is 1. The van der Waals surface area contributed by atoms with Crippen molar-refractivity contribution in [2.24, 2.45) is 0 Å². The zero-order chi connectivity index (χ0) is 13.5. The Bertz CT molecular complexity index is 587. The van der Waals surface area contributed by atoms with Gasteiger partial charge in [-0.3, -0.25) is 0 Å². The van der Waals surface area contributed by atoms with E-state index in [1.807, 2.05) is 49.4 Å². The van der Waals surface area contributed by atoms with Gasteiger partial charge in [-0.05, 0) is 31.2 Å². The molecule has 19 heavy (non-hydrogen) atoms. The first-order valence-electron chi connectivity index (χ1n) is 6.28. The van der Waals surface area contributed by atoms with Crippen LogP contribution in [0, 0.1) is 11.3 Å². The van der Waals surface area contributed by atoms with Gasteiger partial charge in [0.05, 0.1) is 18.2 Å². The lowest BCUT2D eigenvalue weighted by Gasteiger charge is -2.11. The second kappa shape index (κ2) is 6.46. The van der Waals surface area contributed by atoms with Crippen LogP contribution >= 0.6 is 0 Å². The number of hydrogen-bond donors (Lipinski definition) is 1. The summed E-state index contributed by atoms with van der Waals surface area (Å²) in [5.74, 6) is 0.897. The average molecular weight is 252 g/mol. The first-order valence-corrected chi connectivity index (χ1v) is 6.28. The van der Waals surface area contributed by atoms with Gasteiger partial charge in [-0.1, -0.05) is 24.3 Å². The topological polar surface area (TPSA) is 45.0 Å². The second-order valence-corrected chi connectivity index (χ2v) is 4.09. The van der Waals surface area contributed by atoms with E-state index in [2.05, 4.69) is 11.4 Å². The molecule has 2 aromatic carbocycles. The molecule has 0 fully saturated rings. The normalized spacial score (nSPS) is 9.68. The van der Waals surface area contributed by atoms with Crippen molar-refractivity contribution in [3.05, 3.63) is 59.7 Å². The van der Waals surface area contributed by atoms with E-state index >= 15 is 0 Å². The van der Waals surface area contributed by atoms with Crippen molar-refractivity contribution >= 4 is 5.69 Å². The fourth-order valence-electron chi connectivity index (χ4n) is 1.84. The van der Waals surface area contributed by atoms with Crippen LogP contribution in [0.1, 0.15) is 18.1 Å². The number of nitrogens with zero attached hydrogens (tertiary/aromatic N) is 1. The molecule has 0 spiro atoms. The van der Waals surface area contributed by atoms with E-state index < -0.39 is 0 Å². The third-order valence-corrected chi connectivity index (χ3v) is 2.75. The molecule has 0 aliphatic heterocycles. The zero-order valence-electron chi connectivity index (χ0n) is 10.9. The number of benzene rings is 2. The predicted molar refractivity (Wildman–Crippen MR) is 76.1 cm³/mol. The second-order valence-electron chi connectivity index (χ2n) is 4.09. The molecule has 0 atom stereocenters. The lowest BCUT2D eigenvalue weighted by Crippen LogP contribution is -2.03. The molecule has 0 unspecified atom stereocenters. The molecule has 0 aliphatic rings. The standard InChI is InChI=1S/C16H16N2O/c1-2-19-16-9-4-3-7-14(16)12-18-15-8-5-6-13(10-15)11-17/h3-10,18H,2,12H2,1H3.